The highest BCUT2D eigenvalue weighted by Crippen LogP contribution is 2.03. The van der Waals surface area contributed by atoms with Crippen LogP contribution in [-0.4, -0.2) is 32.9 Å². The van der Waals surface area contributed by atoms with Crippen LogP contribution in [0.1, 0.15) is 19.8 Å². The second-order valence-corrected chi connectivity index (χ2v) is 3.68. The van der Waals surface area contributed by atoms with Gasteiger partial charge in [0.15, 0.2) is 0 Å². The number of aryl methyl sites for hydroxylation is 1. The van der Waals surface area contributed by atoms with E-state index < -0.39 is 18.0 Å². The van der Waals surface area contributed by atoms with Crippen LogP contribution in [-0.2, 0) is 11.8 Å². The van der Waals surface area contributed by atoms with Crippen molar-refractivity contribution in [1.82, 2.24) is 15.1 Å². The lowest BCUT2D eigenvalue weighted by Gasteiger charge is -2.13. The van der Waals surface area contributed by atoms with Crippen molar-refractivity contribution in [3.8, 4) is 0 Å². The van der Waals surface area contributed by atoms with E-state index in [1.165, 1.54) is 10.9 Å². The SMILES string of the molecule is CCC[C@H](NC(=O)Nc1cnn(C)c1)C(=O)O. The first-order chi connectivity index (χ1) is 8.02. The average molecular weight is 240 g/mol. The van der Waals surface area contributed by atoms with Gasteiger partial charge in [-0.25, -0.2) is 9.59 Å². The fourth-order valence-corrected chi connectivity index (χ4v) is 1.36. The van der Waals surface area contributed by atoms with E-state index in [-0.39, 0.29) is 0 Å². The molecule has 0 aliphatic carbocycles. The number of nitrogens with one attached hydrogen (secondary N) is 2. The topological polar surface area (TPSA) is 96.3 Å². The first kappa shape index (κ1) is 13.0. The van der Waals surface area contributed by atoms with E-state index in [4.69, 9.17) is 5.11 Å². The smallest absolute Gasteiger partial charge is 0.326 e. The Bertz CT molecular complexity index is 402. The summed E-state index contributed by atoms with van der Waals surface area (Å²) in [5.74, 6) is -1.03. The highest BCUT2D eigenvalue weighted by Gasteiger charge is 2.18. The van der Waals surface area contributed by atoms with Gasteiger partial charge in [0.2, 0.25) is 0 Å². The summed E-state index contributed by atoms with van der Waals surface area (Å²) in [7, 11) is 1.72. The lowest BCUT2D eigenvalue weighted by molar-refractivity contribution is -0.139. The lowest BCUT2D eigenvalue weighted by atomic mass is 10.2. The largest absolute Gasteiger partial charge is 0.480 e. The molecule has 1 heterocycles. The van der Waals surface area contributed by atoms with Gasteiger partial charge >= 0.3 is 12.0 Å². The third-order valence-electron chi connectivity index (χ3n) is 2.14. The Hall–Kier alpha value is -2.05. The van der Waals surface area contributed by atoms with Crippen LogP contribution < -0.4 is 10.6 Å². The number of hydrogen-bond acceptors (Lipinski definition) is 3. The molecular formula is C10H16N4O3. The molecule has 1 aromatic rings. The minimum atomic E-state index is -1.03. The molecule has 0 saturated carbocycles. The third kappa shape index (κ3) is 4.13. The number of hydrogen-bond donors (Lipinski definition) is 3. The molecule has 2 amide bonds. The van der Waals surface area contributed by atoms with Crippen molar-refractivity contribution in [2.24, 2.45) is 7.05 Å². The van der Waals surface area contributed by atoms with Crippen molar-refractivity contribution in [2.75, 3.05) is 5.32 Å². The zero-order valence-corrected chi connectivity index (χ0v) is 9.80. The molecule has 17 heavy (non-hydrogen) atoms. The van der Waals surface area contributed by atoms with Crippen LogP contribution in [0.15, 0.2) is 12.4 Å². The molecule has 3 N–H and O–H groups in total. The van der Waals surface area contributed by atoms with Gasteiger partial charge in [0, 0.05) is 13.2 Å². The number of rotatable bonds is 5. The van der Waals surface area contributed by atoms with E-state index >= 15 is 0 Å². The Kier molecular flexibility index (Phi) is 4.50. The van der Waals surface area contributed by atoms with Gasteiger partial charge in [0.05, 0.1) is 11.9 Å². The van der Waals surface area contributed by atoms with Gasteiger partial charge in [-0.3, -0.25) is 4.68 Å². The van der Waals surface area contributed by atoms with Crippen LogP contribution in [0.3, 0.4) is 0 Å². The normalized spacial score (nSPS) is 11.9. The van der Waals surface area contributed by atoms with E-state index in [0.717, 1.165) is 0 Å². The third-order valence-corrected chi connectivity index (χ3v) is 2.14. The summed E-state index contributed by atoms with van der Waals surface area (Å²) in [5.41, 5.74) is 0.519. The molecule has 1 aromatic heterocycles. The van der Waals surface area contributed by atoms with Crippen molar-refractivity contribution in [3.05, 3.63) is 12.4 Å². The molecule has 0 aromatic carbocycles. The fraction of sp³-hybridized carbons (Fsp3) is 0.500. The Morgan fingerprint density at radius 1 is 1.59 bits per heavy atom. The Morgan fingerprint density at radius 3 is 2.76 bits per heavy atom. The van der Waals surface area contributed by atoms with E-state index in [2.05, 4.69) is 15.7 Å². The second-order valence-electron chi connectivity index (χ2n) is 3.68. The number of aliphatic carboxylic acids is 1. The van der Waals surface area contributed by atoms with Crippen LogP contribution in [0.4, 0.5) is 10.5 Å². The Balaban J connectivity index is 2.50. The number of nitrogens with zero attached hydrogens (tertiary/aromatic N) is 2. The van der Waals surface area contributed by atoms with Gasteiger partial charge in [0.25, 0.3) is 0 Å². The number of carboxylic acid groups (broad SMARTS) is 1. The molecule has 0 fully saturated rings. The maximum Gasteiger partial charge on any atom is 0.326 e. The maximum absolute atomic E-state index is 11.5. The molecule has 0 aliphatic rings. The van der Waals surface area contributed by atoms with E-state index in [9.17, 15) is 9.59 Å². The van der Waals surface area contributed by atoms with E-state index in [1.54, 1.807) is 13.2 Å². The first-order valence-electron chi connectivity index (χ1n) is 5.32. The van der Waals surface area contributed by atoms with Gasteiger partial charge < -0.3 is 15.7 Å². The average Bonchev–Trinajstić information content (AvgIpc) is 2.63. The van der Waals surface area contributed by atoms with Crippen LogP contribution in [0.2, 0.25) is 0 Å². The number of aromatic nitrogens is 2. The maximum atomic E-state index is 11.5. The van der Waals surface area contributed by atoms with Crippen molar-refractivity contribution >= 4 is 17.7 Å². The monoisotopic (exact) mass is 240 g/mol. The van der Waals surface area contributed by atoms with E-state index in [0.29, 0.717) is 18.5 Å². The molecule has 0 saturated heterocycles. The summed E-state index contributed by atoms with van der Waals surface area (Å²) in [6, 6.07) is -1.41. The Morgan fingerprint density at radius 2 is 2.29 bits per heavy atom. The van der Waals surface area contributed by atoms with E-state index in [1.807, 2.05) is 6.92 Å². The number of carboxylic acids is 1. The summed E-state index contributed by atoms with van der Waals surface area (Å²) >= 11 is 0. The summed E-state index contributed by atoms with van der Waals surface area (Å²) in [5, 5.41) is 17.6. The second kappa shape index (κ2) is 5.88. The lowest BCUT2D eigenvalue weighted by Crippen LogP contribution is -2.42. The molecule has 0 spiro atoms. The molecule has 0 bridgehead atoms. The molecule has 7 heteroatoms. The molecule has 1 atom stereocenters. The number of anilines is 1. The Labute approximate surface area is 98.8 Å². The van der Waals surface area contributed by atoms with Crippen LogP contribution >= 0.6 is 0 Å². The summed E-state index contributed by atoms with van der Waals surface area (Å²) in [6.07, 6.45) is 4.18. The highest BCUT2D eigenvalue weighted by molar-refractivity contribution is 5.91. The van der Waals surface area contributed by atoms with Crippen molar-refractivity contribution in [3.63, 3.8) is 0 Å². The summed E-state index contributed by atoms with van der Waals surface area (Å²) in [4.78, 5) is 22.3. The van der Waals surface area contributed by atoms with Gasteiger partial charge in [-0.15, -0.1) is 0 Å². The molecule has 1 rings (SSSR count). The predicted molar refractivity (Wildman–Crippen MR) is 61.7 cm³/mol. The summed E-state index contributed by atoms with van der Waals surface area (Å²) in [6.45, 7) is 1.86. The zero-order valence-electron chi connectivity index (χ0n) is 9.80. The quantitative estimate of drug-likeness (QED) is 0.709. The van der Waals surface area contributed by atoms with Gasteiger partial charge in [-0.05, 0) is 6.42 Å². The summed E-state index contributed by atoms with van der Waals surface area (Å²) < 4.78 is 1.54. The zero-order chi connectivity index (χ0) is 12.8. The van der Waals surface area contributed by atoms with Crippen molar-refractivity contribution in [2.45, 2.75) is 25.8 Å². The molecule has 0 unspecified atom stereocenters. The highest BCUT2D eigenvalue weighted by atomic mass is 16.4. The van der Waals surface area contributed by atoms with Crippen LogP contribution in [0, 0.1) is 0 Å². The molecule has 7 nitrogen and oxygen atoms in total. The first-order valence-corrected chi connectivity index (χ1v) is 5.32. The fourth-order valence-electron chi connectivity index (χ4n) is 1.36. The molecule has 94 valence electrons. The van der Waals surface area contributed by atoms with Crippen LogP contribution in [0.5, 0.6) is 0 Å². The molecule has 0 radical (unpaired) electrons. The number of carbonyl (C=O) groups excluding carboxylic acids is 1. The number of amides is 2. The van der Waals surface area contributed by atoms with Gasteiger partial charge in [-0.1, -0.05) is 13.3 Å². The molecular weight excluding hydrogens is 224 g/mol. The minimum absolute atomic E-state index is 0.399. The predicted octanol–water partition coefficient (Wildman–Crippen LogP) is 0.795. The van der Waals surface area contributed by atoms with Crippen molar-refractivity contribution in [1.29, 1.82) is 0 Å². The molecule has 0 aliphatic heterocycles. The van der Waals surface area contributed by atoms with Gasteiger partial charge in [-0.2, -0.15) is 5.10 Å². The van der Waals surface area contributed by atoms with Gasteiger partial charge in [0.1, 0.15) is 6.04 Å². The van der Waals surface area contributed by atoms with Crippen LogP contribution in [0.25, 0.3) is 0 Å². The number of urea groups is 1. The number of carbonyl (C=O) groups is 2. The van der Waals surface area contributed by atoms with Crippen molar-refractivity contribution < 1.29 is 14.7 Å². The minimum Gasteiger partial charge on any atom is -0.480 e. The standard InChI is InChI=1S/C10H16N4O3/c1-3-4-8(9(15)16)13-10(17)12-7-5-11-14(2)6-7/h5-6,8H,3-4H2,1-2H3,(H,15,16)(H2,12,13,17)/t8-/m0/s1.